The summed E-state index contributed by atoms with van der Waals surface area (Å²) in [5.74, 6) is 1.99. The van der Waals surface area contributed by atoms with Gasteiger partial charge in [0.2, 0.25) is 0 Å². The Balaban J connectivity index is 1.65. The number of thiazole rings is 1. The first kappa shape index (κ1) is 18.8. The van der Waals surface area contributed by atoms with E-state index < -0.39 is 0 Å². The molecule has 0 amide bonds. The average Bonchev–Trinajstić information content (AvgIpc) is 3.09. The molecule has 0 radical (unpaired) electrons. The van der Waals surface area contributed by atoms with E-state index in [1.807, 2.05) is 79.2 Å². The molecule has 2 aromatic heterocycles. The van der Waals surface area contributed by atoms with E-state index in [1.165, 1.54) is 11.3 Å². The maximum Gasteiger partial charge on any atom is 0.188 e. The van der Waals surface area contributed by atoms with Crippen molar-refractivity contribution in [3.8, 4) is 11.5 Å². The molecule has 0 aliphatic carbocycles. The Morgan fingerprint density at radius 3 is 2.64 bits per heavy atom. The molecule has 4 rings (SSSR count). The molecule has 28 heavy (non-hydrogen) atoms. The van der Waals surface area contributed by atoms with E-state index in [2.05, 4.69) is 15.3 Å². The van der Waals surface area contributed by atoms with Gasteiger partial charge in [0.25, 0.3) is 0 Å². The van der Waals surface area contributed by atoms with Crippen LogP contribution < -0.4 is 10.1 Å². The fraction of sp³-hybridized carbons (Fsp3) is 0.0476. The molecule has 0 bridgehead atoms. The molecular weight excluding hydrogens is 410 g/mol. The molecule has 2 heterocycles. The first-order valence-electron chi connectivity index (χ1n) is 8.51. The van der Waals surface area contributed by atoms with Gasteiger partial charge < -0.3 is 10.1 Å². The van der Waals surface area contributed by atoms with Crippen molar-refractivity contribution >= 4 is 45.6 Å². The number of aryl methyl sites for hydroxylation is 1. The van der Waals surface area contributed by atoms with Crippen LogP contribution in [-0.2, 0) is 0 Å². The lowest BCUT2D eigenvalue weighted by Crippen LogP contribution is -1.97. The van der Waals surface area contributed by atoms with Crippen molar-refractivity contribution < 1.29 is 4.74 Å². The number of halogens is 1. The molecule has 0 atom stereocenters. The number of nitrogens with zero attached hydrogens (tertiary/aromatic N) is 2. The second kappa shape index (κ2) is 8.65. The van der Waals surface area contributed by atoms with Gasteiger partial charge in [0.1, 0.15) is 5.75 Å². The van der Waals surface area contributed by atoms with Crippen molar-refractivity contribution in [1.29, 1.82) is 0 Å². The smallest absolute Gasteiger partial charge is 0.188 e. The third-order valence-corrected chi connectivity index (χ3v) is 5.73. The van der Waals surface area contributed by atoms with Crippen molar-refractivity contribution in [2.45, 2.75) is 16.7 Å². The lowest BCUT2D eigenvalue weighted by atomic mass is 10.3. The molecule has 0 saturated heterocycles. The molecule has 140 valence electrons. The van der Waals surface area contributed by atoms with Crippen LogP contribution in [0.3, 0.4) is 0 Å². The van der Waals surface area contributed by atoms with E-state index in [0.717, 1.165) is 26.4 Å². The van der Waals surface area contributed by atoms with Gasteiger partial charge in [-0.15, -0.1) is 11.3 Å². The molecule has 2 aromatic carbocycles. The minimum Gasteiger partial charge on any atom is -0.453 e. The Morgan fingerprint density at radius 2 is 1.89 bits per heavy atom. The van der Waals surface area contributed by atoms with Crippen LogP contribution in [0.15, 0.2) is 82.0 Å². The average molecular weight is 426 g/mol. The van der Waals surface area contributed by atoms with Crippen LogP contribution >= 0.6 is 34.7 Å². The molecule has 0 unspecified atom stereocenters. The molecule has 7 heteroatoms. The number of benzene rings is 2. The quantitative estimate of drug-likeness (QED) is 0.354. The molecule has 0 saturated carbocycles. The Morgan fingerprint density at radius 1 is 1.04 bits per heavy atom. The maximum atomic E-state index is 6.10. The zero-order valence-corrected chi connectivity index (χ0v) is 17.3. The third-order valence-electron chi connectivity index (χ3n) is 3.67. The predicted molar refractivity (Wildman–Crippen MR) is 116 cm³/mol. The fourth-order valence-corrected chi connectivity index (χ4v) is 4.27. The third kappa shape index (κ3) is 4.84. The summed E-state index contributed by atoms with van der Waals surface area (Å²) in [5, 5.41) is 6.73. The van der Waals surface area contributed by atoms with E-state index in [-0.39, 0.29) is 0 Å². The lowest BCUT2D eigenvalue weighted by Gasteiger charge is -2.12. The maximum absolute atomic E-state index is 6.10. The second-order valence-electron chi connectivity index (χ2n) is 5.91. The fourth-order valence-electron chi connectivity index (χ4n) is 2.45. The summed E-state index contributed by atoms with van der Waals surface area (Å²) < 4.78 is 6.10. The number of rotatable bonds is 6. The van der Waals surface area contributed by atoms with Gasteiger partial charge in [-0.25, -0.2) is 9.97 Å². The number of aromatic nitrogens is 2. The summed E-state index contributed by atoms with van der Waals surface area (Å²) in [5.41, 5.74) is 0.964. The Labute approximate surface area is 176 Å². The van der Waals surface area contributed by atoms with Gasteiger partial charge in [-0.3, -0.25) is 0 Å². The summed E-state index contributed by atoms with van der Waals surface area (Å²) in [7, 11) is 0. The monoisotopic (exact) mass is 425 g/mol. The number of nitrogens with one attached hydrogen (secondary N) is 1. The Bertz CT molecular complexity index is 1090. The van der Waals surface area contributed by atoms with Crippen LogP contribution in [0.1, 0.15) is 5.69 Å². The summed E-state index contributed by atoms with van der Waals surface area (Å²) in [4.78, 5) is 11.0. The van der Waals surface area contributed by atoms with Crippen LogP contribution in [-0.4, -0.2) is 9.97 Å². The van der Waals surface area contributed by atoms with Gasteiger partial charge in [0.15, 0.2) is 16.7 Å². The first-order chi connectivity index (χ1) is 13.7. The SMILES string of the molecule is Cc1csc(Nc2ncc(Sc3cccc(Cl)c3)cc2Oc2ccccc2)n1. The number of anilines is 2. The number of ether oxygens (including phenoxy) is 1. The topological polar surface area (TPSA) is 47.0 Å². The number of pyridine rings is 1. The van der Waals surface area contributed by atoms with Gasteiger partial charge in [0.05, 0.1) is 5.69 Å². The molecule has 4 nitrogen and oxygen atoms in total. The van der Waals surface area contributed by atoms with Gasteiger partial charge in [-0.05, 0) is 37.3 Å². The van der Waals surface area contributed by atoms with Crippen molar-refractivity contribution in [3.63, 3.8) is 0 Å². The zero-order valence-electron chi connectivity index (χ0n) is 14.9. The molecule has 4 aromatic rings. The number of hydrogen-bond acceptors (Lipinski definition) is 6. The largest absolute Gasteiger partial charge is 0.453 e. The van der Waals surface area contributed by atoms with Crippen molar-refractivity contribution in [3.05, 3.63) is 83.0 Å². The summed E-state index contributed by atoms with van der Waals surface area (Å²) in [6, 6.07) is 19.3. The highest BCUT2D eigenvalue weighted by atomic mass is 35.5. The highest BCUT2D eigenvalue weighted by molar-refractivity contribution is 7.99. The van der Waals surface area contributed by atoms with Crippen molar-refractivity contribution in [2.24, 2.45) is 0 Å². The Kier molecular flexibility index (Phi) is 5.81. The van der Waals surface area contributed by atoms with Crippen LogP contribution in [0, 0.1) is 6.92 Å². The molecule has 0 spiro atoms. The molecule has 0 aliphatic heterocycles. The van der Waals surface area contributed by atoms with Gasteiger partial charge in [-0.1, -0.05) is 47.6 Å². The van der Waals surface area contributed by atoms with E-state index >= 15 is 0 Å². The molecular formula is C21H16ClN3OS2. The van der Waals surface area contributed by atoms with Gasteiger partial charge in [0, 0.05) is 32.5 Å². The van der Waals surface area contributed by atoms with Crippen LogP contribution in [0.5, 0.6) is 11.5 Å². The highest BCUT2D eigenvalue weighted by Crippen LogP contribution is 2.36. The summed E-state index contributed by atoms with van der Waals surface area (Å²) in [6.45, 7) is 1.96. The summed E-state index contributed by atoms with van der Waals surface area (Å²) in [6.07, 6.45) is 1.81. The van der Waals surface area contributed by atoms with Crippen LogP contribution in [0.2, 0.25) is 5.02 Å². The molecule has 1 N–H and O–H groups in total. The number of hydrogen-bond donors (Lipinski definition) is 1. The Hall–Kier alpha value is -2.54. The molecule has 0 aliphatic rings. The highest BCUT2D eigenvalue weighted by Gasteiger charge is 2.12. The zero-order chi connectivity index (χ0) is 19.3. The van der Waals surface area contributed by atoms with E-state index in [9.17, 15) is 0 Å². The lowest BCUT2D eigenvalue weighted by molar-refractivity contribution is 0.481. The van der Waals surface area contributed by atoms with Crippen molar-refractivity contribution in [1.82, 2.24) is 9.97 Å². The number of para-hydroxylation sites is 1. The molecule has 0 fully saturated rings. The summed E-state index contributed by atoms with van der Waals surface area (Å²) >= 11 is 9.21. The second-order valence-corrected chi connectivity index (χ2v) is 8.35. The van der Waals surface area contributed by atoms with Gasteiger partial charge >= 0.3 is 0 Å². The predicted octanol–water partition coefficient (Wildman–Crippen LogP) is 7.19. The van der Waals surface area contributed by atoms with Gasteiger partial charge in [-0.2, -0.15) is 0 Å². The van der Waals surface area contributed by atoms with Crippen LogP contribution in [0.25, 0.3) is 0 Å². The van der Waals surface area contributed by atoms with E-state index in [4.69, 9.17) is 16.3 Å². The standard InChI is InChI=1S/C21H16ClN3OS2/c1-14-13-27-21(24-14)25-20-19(26-16-7-3-2-4-8-16)11-18(12-23-20)28-17-9-5-6-15(22)10-17/h2-13H,1H3,(H,23,24,25). The normalized spacial score (nSPS) is 10.6. The first-order valence-corrected chi connectivity index (χ1v) is 10.6. The van der Waals surface area contributed by atoms with Crippen LogP contribution in [0.4, 0.5) is 10.9 Å². The van der Waals surface area contributed by atoms with Crippen molar-refractivity contribution in [2.75, 3.05) is 5.32 Å². The minimum absolute atomic E-state index is 0.619. The van der Waals surface area contributed by atoms with E-state index in [0.29, 0.717) is 16.6 Å². The van der Waals surface area contributed by atoms with E-state index in [1.54, 1.807) is 11.8 Å². The minimum atomic E-state index is 0.619.